The van der Waals surface area contributed by atoms with E-state index in [0.717, 1.165) is 22.0 Å². The molecule has 0 saturated carbocycles. The maximum atomic E-state index is 12.8. The number of sulfonamides is 1. The molecular formula is C16H20N4O6S. The number of hydrogen-bond donors (Lipinski definition) is 2. The van der Waals surface area contributed by atoms with Crippen LogP contribution in [0.15, 0.2) is 34.0 Å². The van der Waals surface area contributed by atoms with Crippen LogP contribution in [0.2, 0.25) is 0 Å². The van der Waals surface area contributed by atoms with Crippen LogP contribution >= 0.6 is 0 Å². The number of nitrogens with one attached hydrogen (secondary N) is 1. The fourth-order valence-electron chi connectivity index (χ4n) is 3.04. The number of nitrogens with zero attached hydrogens (tertiary/aromatic N) is 3. The topological polar surface area (TPSA) is 135 Å². The van der Waals surface area contributed by atoms with Gasteiger partial charge in [0.1, 0.15) is 6.04 Å². The van der Waals surface area contributed by atoms with E-state index in [9.17, 15) is 18.0 Å². The van der Waals surface area contributed by atoms with Crippen LogP contribution in [0.4, 0.5) is 0 Å². The smallest absolute Gasteiger partial charge is 0.371 e. The number of carbonyl (C=O) groups is 2. The number of carboxylic acids is 1. The Morgan fingerprint density at radius 3 is 2.74 bits per heavy atom. The Balaban J connectivity index is 1.77. The molecule has 0 bridgehead atoms. The monoisotopic (exact) mass is 396 g/mol. The summed E-state index contributed by atoms with van der Waals surface area (Å²) in [6.45, 7) is 1.94. The largest absolute Gasteiger partial charge is 0.475 e. The number of carboxylic acid groups (broad SMARTS) is 1. The normalized spacial score (nSPS) is 19.1. The predicted octanol–water partition coefficient (Wildman–Crippen LogP) is 0.742. The fraction of sp³-hybridized carbons (Fsp3) is 0.438. The molecule has 0 radical (unpaired) electrons. The summed E-state index contributed by atoms with van der Waals surface area (Å²) in [4.78, 5) is 23.6. The molecule has 1 fully saturated rings. The van der Waals surface area contributed by atoms with Crippen LogP contribution < -0.4 is 5.32 Å². The molecule has 27 heavy (non-hydrogen) atoms. The number of aromatic carboxylic acids is 1. The highest BCUT2D eigenvalue weighted by molar-refractivity contribution is 7.89. The summed E-state index contributed by atoms with van der Waals surface area (Å²) in [7, 11) is -2.35. The second-order valence-electron chi connectivity index (χ2n) is 6.38. The third-order valence-corrected chi connectivity index (χ3v) is 6.23. The van der Waals surface area contributed by atoms with Crippen molar-refractivity contribution < 1.29 is 27.5 Å². The van der Waals surface area contributed by atoms with E-state index < -0.39 is 38.8 Å². The molecule has 1 aliphatic heterocycles. The van der Waals surface area contributed by atoms with Crippen LogP contribution in [0.5, 0.6) is 0 Å². The van der Waals surface area contributed by atoms with E-state index >= 15 is 0 Å². The molecule has 3 rings (SSSR count). The molecular weight excluding hydrogens is 376 g/mol. The Morgan fingerprint density at radius 1 is 1.41 bits per heavy atom. The van der Waals surface area contributed by atoms with Crippen LogP contribution in [-0.2, 0) is 21.9 Å². The SMILES string of the molecule is CC(NC(=O)C1CCCN1S(=O)(=O)c1ccc(C(=O)O)o1)c1cnn(C)c1. The van der Waals surface area contributed by atoms with E-state index in [1.165, 1.54) is 0 Å². The number of rotatable bonds is 6. The molecule has 10 nitrogen and oxygen atoms in total. The quantitative estimate of drug-likeness (QED) is 0.735. The fourth-order valence-corrected chi connectivity index (χ4v) is 4.61. The Labute approximate surface area is 155 Å². The Bertz CT molecular complexity index is 963. The van der Waals surface area contributed by atoms with Crippen molar-refractivity contribution in [2.45, 2.75) is 36.9 Å². The van der Waals surface area contributed by atoms with Crippen LogP contribution in [0.3, 0.4) is 0 Å². The van der Waals surface area contributed by atoms with Gasteiger partial charge in [0.15, 0.2) is 0 Å². The van der Waals surface area contributed by atoms with Crippen molar-refractivity contribution in [3.05, 3.63) is 35.9 Å². The molecule has 2 atom stereocenters. The van der Waals surface area contributed by atoms with E-state index in [1.54, 1.807) is 31.0 Å². The van der Waals surface area contributed by atoms with Crippen LogP contribution in [-0.4, -0.2) is 52.1 Å². The molecule has 2 aromatic rings. The van der Waals surface area contributed by atoms with Gasteiger partial charge in [0.25, 0.3) is 10.0 Å². The Kier molecular flexibility index (Phi) is 5.07. The van der Waals surface area contributed by atoms with Gasteiger partial charge in [0.05, 0.1) is 12.2 Å². The molecule has 1 aliphatic rings. The second-order valence-corrected chi connectivity index (χ2v) is 8.20. The zero-order chi connectivity index (χ0) is 19.8. The van der Waals surface area contributed by atoms with Crippen LogP contribution in [0.25, 0.3) is 0 Å². The molecule has 2 N–H and O–H groups in total. The lowest BCUT2D eigenvalue weighted by atomic mass is 10.1. The van der Waals surface area contributed by atoms with Crippen molar-refractivity contribution in [3.8, 4) is 0 Å². The lowest BCUT2D eigenvalue weighted by molar-refractivity contribution is -0.124. The Hall–Kier alpha value is -2.66. The van der Waals surface area contributed by atoms with Gasteiger partial charge in [0, 0.05) is 25.4 Å². The highest BCUT2D eigenvalue weighted by atomic mass is 32.2. The van der Waals surface area contributed by atoms with Gasteiger partial charge in [-0.2, -0.15) is 9.40 Å². The van der Waals surface area contributed by atoms with Crippen molar-refractivity contribution >= 4 is 21.9 Å². The van der Waals surface area contributed by atoms with Gasteiger partial charge in [0.2, 0.25) is 16.8 Å². The van der Waals surface area contributed by atoms with Crippen molar-refractivity contribution in [2.24, 2.45) is 7.05 Å². The average molecular weight is 396 g/mol. The molecule has 1 saturated heterocycles. The highest BCUT2D eigenvalue weighted by Crippen LogP contribution is 2.28. The van der Waals surface area contributed by atoms with Gasteiger partial charge in [-0.1, -0.05) is 0 Å². The lowest BCUT2D eigenvalue weighted by Crippen LogP contribution is -2.46. The summed E-state index contributed by atoms with van der Waals surface area (Å²) in [5, 5.41) is 15.3. The van der Waals surface area contributed by atoms with Gasteiger partial charge in [-0.3, -0.25) is 9.48 Å². The maximum Gasteiger partial charge on any atom is 0.371 e. The number of amides is 1. The van der Waals surface area contributed by atoms with E-state index in [1.807, 2.05) is 0 Å². The summed E-state index contributed by atoms with van der Waals surface area (Å²) in [5.41, 5.74) is 0.801. The zero-order valence-electron chi connectivity index (χ0n) is 14.8. The molecule has 11 heteroatoms. The minimum Gasteiger partial charge on any atom is -0.475 e. The molecule has 0 aliphatic carbocycles. The first-order valence-corrected chi connectivity index (χ1v) is 9.78. The zero-order valence-corrected chi connectivity index (χ0v) is 15.6. The first kappa shape index (κ1) is 19.1. The average Bonchev–Trinajstić information content (AvgIpc) is 3.34. The minimum atomic E-state index is -4.12. The third kappa shape index (κ3) is 3.74. The van der Waals surface area contributed by atoms with Crippen LogP contribution in [0.1, 0.15) is 41.9 Å². The van der Waals surface area contributed by atoms with Crippen molar-refractivity contribution in [2.75, 3.05) is 6.54 Å². The minimum absolute atomic E-state index is 0.158. The van der Waals surface area contributed by atoms with E-state index in [0.29, 0.717) is 12.8 Å². The van der Waals surface area contributed by atoms with E-state index in [4.69, 9.17) is 9.52 Å². The van der Waals surface area contributed by atoms with Gasteiger partial charge in [-0.15, -0.1) is 0 Å². The summed E-state index contributed by atoms with van der Waals surface area (Å²) in [5.74, 6) is -2.26. The van der Waals surface area contributed by atoms with Gasteiger partial charge >= 0.3 is 5.97 Å². The highest BCUT2D eigenvalue weighted by Gasteiger charge is 2.41. The summed E-state index contributed by atoms with van der Waals surface area (Å²) >= 11 is 0. The maximum absolute atomic E-state index is 12.8. The summed E-state index contributed by atoms with van der Waals surface area (Å²) in [6.07, 6.45) is 4.29. The van der Waals surface area contributed by atoms with Crippen molar-refractivity contribution in [3.63, 3.8) is 0 Å². The summed E-state index contributed by atoms with van der Waals surface area (Å²) in [6, 6.07) is 0.945. The molecule has 0 aromatic carbocycles. The molecule has 1 amide bonds. The molecule has 2 unspecified atom stereocenters. The van der Waals surface area contributed by atoms with Gasteiger partial charge < -0.3 is 14.8 Å². The second kappa shape index (κ2) is 7.16. The van der Waals surface area contributed by atoms with E-state index in [-0.39, 0.29) is 12.6 Å². The predicted molar refractivity (Wildman–Crippen MR) is 92.3 cm³/mol. The lowest BCUT2D eigenvalue weighted by Gasteiger charge is -2.23. The van der Waals surface area contributed by atoms with E-state index in [2.05, 4.69) is 10.4 Å². The molecule has 146 valence electrons. The number of aryl methyl sites for hydroxylation is 1. The van der Waals surface area contributed by atoms with Crippen molar-refractivity contribution in [1.82, 2.24) is 19.4 Å². The third-order valence-electron chi connectivity index (χ3n) is 4.45. The molecule has 3 heterocycles. The number of hydrogen-bond acceptors (Lipinski definition) is 6. The first-order valence-electron chi connectivity index (χ1n) is 8.34. The molecule has 0 spiro atoms. The Morgan fingerprint density at radius 2 is 2.15 bits per heavy atom. The number of carbonyl (C=O) groups excluding carboxylic acids is 1. The van der Waals surface area contributed by atoms with Crippen molar-refractivity contribution in [1.29, 1.82) is 0 Å². The number of aromatic nitrogens is 2. The first-order chi connectivity index (χ1) is 12.7. The van der Waals surface area contributed by atoms with Gasteiger partial charge in [-0.25, -0.2) is 13.2 Å². The molecule has 2 aromatic heterocycles. The van der Waals surface area contributed by atoms with Gasteiger partial charge in [-0.05, 0) is 31.9 Å². The van der Waals surface area contributed by atoms with Crippen LogP contribution in [0, 0.1) is 0 Å². The number of furan rings is 1. The summed E-state index contributed by atoms with van der Waals surface area (Å²) < 4.78 is 33.2. The standard InChI is InChI=1S/C16H20N4O6S/c1-10(11-8-17-19(2)9-11)18-15(21)12-4-3-7-20(12)27(24,25)14-6-5-13(26-14)16(22)23/h5-6,8-10,12H,3-4,7H2,1-2H3,(H,18,21)(H,22,23).